The van der Waals surface area contributed by atoms with Crippen LogP contribution in [0.25, 0.3) is 0 Å². The summed E-state index contributed by atoms with van der Waals surface area (Å²) in [5.74, 6) is -0.362. The molecule has 1 unspecified atom stereocenters. The van der Waals surface area contributed by atoms with Gasteiger partial charge < -0.3 is 10.6 Å². The Labute approximate surface area is 95.3 Å². The van der Waals surface area contributed by atoms with E-state index >= 15 is 0 Å². The van der Waals surface area contributed by atoms with Crippen LogP contribution in [0.3, 0.4) is 0 Å². The van der Waals surface area contributed by atoms with Crippen LogP contribution in [-0.4, -0.2) is 45.0 Å². The fourth-order valence-electron chi connectivity index (χ4n) is 2.34. The van der Waals surface area contributed by atoms with Crippen molar-refractivity contribution >= 4 is 28.2 Å². The molecular weight excluding hydrogens is 240 g/mol. The second-order valence-electron chi connectivity index (χ2n) is 3.94. The number of carbonyl (C=O) groups is 1. The summed E-state index contributed by atoms with van der Waals surface area (Å²) in [6.45, 7) is 0.848. The molecule has 15 heavy (non-hydrogen) atoms. The number of nitrogens with one attached hydrogen (secondary N) is 2. The molecule has 1 amide bonds. The zero-order valence-corrected chi connectivity index (χ0v) is 10.1. The molecule has 2 fully saturated rings. The Morgan fingerprint density at radius 2 is 2.07 bits per heavy atom. The molecule has 2 saturated heterocycles. The van der Waals surface area contributed by atoms with Gasteiger partial charge in [0.15, 0.2) is 9.84 Å². The summed E-state index contributed by atoms with van der Waals surface area (Å²) in [4.78, 5) is 11.5. The van der Waals surface area contributed by atoms with Gasteiger partial charge >= 0.3 is 0 Å². The highest BCUT2D eigenvalue weighted by molar-refractivity contribution is 7.93. The maximum Gasteiger partial charge on any atom is 0.224 e. The van der Waals surface area contributed by atoms with Crippen molar-refractivity contribution in [2.45, 2.75) is 11.2 Å². The van der Waals surface area contributed by atoms with E-state index in [0.29, 0.717) is 19.5 Å². The predicted octanol–water partition coefficient (Wildman–Crippen LogP) is -1.07. The molecule has 0 aromatic rings. The quantitative estimate of drug-likeness (QED) is 0.625. The van der Waals surface area contributed by atoms with Crippen molar-refractivity contribution < 1.29 is 13.2 Å². The molecule has 7 heteroatoms. The topological polar surface area (TPSA) is 75.3 Å². The number of sulfone groups is 1. The fraction of sp³-hybridized carbons (Fsp3) is 0.875. The number of carbonyl (C=O) groups excluding carboxylic acids is 1. The molecule has 0 aromatic heterocycles. The SMILES string of the molecule is CNC(=O)C1CCS(=O)(=O)C12CNC2.Cl. The molecule has 0 aliphatic carbocycles. The lowest BCUT2D eigenvalue weighted by molar-refractivity contribution is -0.125. The van der Waals surface area contributed by atoms with E-state index in [4.69, 9.17) is 0 Å². The first-order valence-electron chi connectivity index (χ1n) is 4.68. The normalized spacial score (nSPS) is 30.3. The van der Waals surface area contributed by atoms with Gasteiger partial charge in [0.25, 0.3) is 0 Å². The predicted molar refractivity (Wildman–Crippen MR) is 58.8 cm³/mol. The highest BCUT2D eigenvalue weighted by Crippen LogP contribution is 2.40. The molecule has 0 aromatic carbocycles. The maximum absolute atomic E-state index is 11.8. The molecule has 2 aliphatic heterocycles. The molecule has 5 nitrogen and oxygen atoms in total. The minimum absolute atomic E-state index is 0. The second kappa shape index (κ2) is 3.92. The van der Waals surface area contributed by atoms with Crippen molar-refractivity contribution in [3.8, 4) is 0 Å². The fourth-order valence-corrected chi connectivity index (χ4v) is 4.59. The van der Waals surface area contributed by atoms with Crippen LogP contribution in [-0.2, 0) is 14.6 Å². The Bertz CT molecular complexity index is 364. The van der Waals surface area contributed by atoms with Crippen molar-refractivity contribution in [2.24, 2.45) is 5.92 Å². The van der Waals surface area contributed by atoms with Gasteiger partial charge in [-0.15, -0.1) is 12.4 Å². The van der Waals surface area contributed by atoms with Gasteiger partial charge in [0.05, 0.1) is 11.7 Å². The third-order valence-corrected chi connectivity index (χ3v) is 5.93. The standard InChI is InChI=1S/C8H14N2O3S.ClH/c1-9-7(11)6-2-3-14(12,13)8(6)4-10-5-8;/h6,10H,2-5H2,1H3,(H,9,11);1H. The van der Waals surface area contributed by atoms with E-state index in [-0.39, 0.29) is 30.0 Å². The Morgan fingerprint density at radius 3 is 2.47 bits per heavy atom. The first-order valence-corrected chi connectivity index (χ1v) is 6.33. The number of hydrogen-bond donors (Lipinski definition) is 2. The van der Waals surface area contributed by atoms with Crippen LogP contribution < -0.4 is 10.6 Å². The van der Waals surface area contributed by atoms with E-state index in [9.17, 15) is 13.2 Å². The minimum atomic E-state index is -3.08. The summed E-state index contributed by atoms with van der Waals surface area (Å²) in [5.41, 5.74) is 0. The Kier molecular flexibility index (Phi) is 3.33. The summed E-state index contributed by atoms with van der Waals surface area (Å²) in [6.07, 6.45) is 0.462. The molecule has 2 N–H and O–H groups in total. The lowest BCUT2D eigenvalue weighted by Crippen LogP contribution is -2.67. The van der Waals surface area contributed by atoms with Crippen molar-refractivity contribution in [1.82, 2.24) is 10.6 Å². The second-order valence-corrected chi connectivity index (χ2v) is 6.39. The molecule has 0 saturated carbocycles. The van der Waals surface area contributed by atoms with Gasteiger partial charge in [0, 0.05) is 20.1 Å². The first-order chi connectivity index (χ1) is 6.53. The number of hydrogen-bond acceptors (Lipinski definition) is 4. The van der Waals surface area contributed by atoms with E-state index in [1.807, 2.05) is 0 Å². The summed E-state index contributed by atoms with van der Waals surface area (Å²) < 4.78 is 22.8. The van der Waals surface area contributed by atoms with E-state index in [1.165, 1.54) is 0 Å². The third kappa shape index (κ3) is 1.55. The van der Waals surface area contributed by atoms with Crippen LogP contribution in [0.15, 0.2) is 0 Å². The zero-order chi connectivity index (χ0) is 10.4. The largest absolute Gasteiger partial charge is 0.359 e. The van der Waals surface area contributed by atoms with Gasteiger partial charge in [-0.05, 0) is 6.42 Å². The lowest BCUT2D eigenvalue weighted by Gasteiger charge is -2.41. The summed E-state index contributed by atoms with van der Waals surface area (Å²) >= 11 is 0. The summed E-state index contributed by atoms with van der Waals surface area (Å²) in [5, 5.41) is 5.49. The summed E-state index contributed by atoms with van der Waals surface area (Å²) in [7, 11) is -1.53. The maximum atomic E-state index is 11.8. The van der Waals surface area contributed by atoms with Crippen molar-refractivity contribution in [3.63, 3.8) is 0 Å². The van der Waals surface area contributed by atoms with E-state index in [2.05, 4.69) is 10.6 Å². The minimum Gasteiger partial charge on any atom is -0.359 e. The van der Waals surface area contributed by atoms with Gasteiger partial charge in [0.2, 0.25) is 5.91 Å². The highest BCUT2D eigenvalue weighted by atomic mass is 35.5. The van der Waals surface area contributed by atoms with Gasteiger partial charge in [-0.2, -0.15) is 0 Å². The van der Waals surface area contributed by atoms with Gasteiger partial charge in [-0.1, -0.05) is 0 Å². The molecule has 2 heterocycles. The van der Waals surface area contributed by atoms with Crippen LogP contribution in [0.4, 0.5) is 0 Å². The van der Waals surface area contributed by atoms with Crippen molar-refractivity contribution in [2.75, 3.05) is 25.9 Å². The molecule has 0 bridgehead atoms. The van der Waals surface area contributed by atoms with Crippen LogP contribution in [0.5, 0.6) is 0 Å². The Hall–Kier alpha value is -0.330. The Balaban J connectivity index is 0.00000112. The van der Waals surface area contributed by atoms with Gasteiger partial charge in [-0.3, -0.25) is 4.79 Å². The van der Waals surface area contributed by atoms with E-state index in [0.717, 1.165) is 0 Å². The molecular formula is C8H15ClN2O3S. The Morgan fingerprint density at radius 1 is 1.47 bits per heavy atom. The molecule has 1 atom stereocenters. The number of amides is 1. The van der Waals surface area contributed by atoms with Gasteiger partial charge in [-0.25, -0.2) is 8.42 Å². The van der Waals surface area contributed by atoms with E-state index in [1.54, 1.807) is 7.05 Å². The lowest BCUT2D eigenvalue weighted by atomic mass is 9.84. The molecule has 88 valence electrons. The molecule has 2 rings (SSSR count). The zero-order valence-electron chi connectivity index (χ0n) is 8.45. The summed E-state index contributed by atoms with van der Waals surface area (Å²) in [6, 6.07) is 0. The molecule has 2 aliphatic rings. The van der Waals surface area contributed by atoms with Crippen LogP contribution in [0, 0.1) is 5.92 Å². The molecule has 1 spiro atoms. The number of halogens is 1. The smallest absolute Gasteiger partial charge is 0.224 e. The first kappa shape index (κ1) is 12.7. The number of rotatable bonds is 1. The third-order valence-electron chi connectivity index (χ3n) is 3.34. The van der Waals surface area contributed by atoms with Crippen molar-refractivity contribution in [3.05, 3.63) is 0 Å². The van der Waals surface area contributed by atoms with Crippen LogP contribution in [0.1, 0.15) is 6.42 Å². The molecule has 0 radical (unpaired) electrons. The highest BCUT2D eigenvalue weighted by Gasteiger charge is 2.60. The average Bonchev–Trinajstić information content (AvgIpc) is 2.34. The average molecular weight is 255 g/mol. The van der Waals surface area contributed by atoms with Crippen LogP contribution >= 0.6 is 12.4 Å². The van der Waals surface area contributed by atoms with E-state index < -0.39 is 14.6 Å². The van der Waals surface area contributed by atoms with Gasteiger partial charge in [0.1, 0.15) is 4.75 Å². The monoisotopic (exact) mass is 254 g/mol. The van der Waals surface area contributed by atoms with Crippen molar-refractivity contribution in [1.29, 1.82) is 0 Å². The van der Waals surface area contributed by atoms with Crippen LogP contribution in [0.2, 0.25) is 0 Å².